The first-order valence-corrected chi connectivity index (χ1v) is 7.67. The van der Waals surface area contributed by atoms with Crippen molar-refractivity contribution in [1.82, 2.24) is 14.9 Å². The van der Waals surface area contributed by atoms with Crippen LogP contribution in [0.5, 0.6) is 5.75 Å². The van der Waals surface area contributed by atoms with Crippen LogP contribution in [-0.4, -0.2) is 32.2 Å². The summed E-state index contributed by atoms with van der Waals surface area (Å²) in [6.45, 7) is 0.285. The van der Waals surface area contributed by atoms with E-state index in [9.17, 15) is 8.42 Å². The van der Waals surface area contributed by atoms with Crippen molar-refractivity contribution in [3.05, 3.63) is 36.0 Å². The highest BCUT2D eigenvalue weighted by atomic mass is 32.2. The molecule has 0 fully saturated rings. The minimum absolute atomic E-state index is 0.0487. The van der Waals surface area contributed by atoms with Crippen molar-refractivity contribution in [1.29, 1.82) is 0 Å². The summed E-state index contributed by atoms with van der Waals surface area (Å²) >= 11 is 0. The number of benzene rings is 1. The number of nitrogens with zero attached hydrogens (tertiary/aromatic N) is 2. The number of nitrogens with one attached hydrogen (secondary N) is 1. The smallest absolute Gasteiger partial charge is 0.241 e. The molecule has 2 rings (SSSR count). The van der Waals surface area contributed by atoms with E-state index in [1.54, 1.807) is 12.1 Å². The normalized spacial score (nSPS) is 11.5. The molecule has 114 valence electrons. The Bertz CT molecular complexity index is 685. The van der Waals surface area contributed by atoms with E-state index in [-0.39, 0.29) is 17.3 Å². The van der Waals surface area contributed by atoms with Gasteiger partial charge < -0.3 is 15.0 Å². The van der Waals surface area contributed by atoms with Crippen LogP contribution < -0.4 is 15.2 Å². The summed E-state index contributed by atoms with van der Waals surface area (Å²) in [6, 6.07) is 4.74. The fourth-order valence-electron chi connectivity index (χ4n) is 1.80. The summed E-state index contributed by atoms with van der Waals surface area (Å²) in [5.74, 6) is 0.836. The maximum Gasteiger partial charge on any atom is 0.241 e. The van der Waals surface area contributed by atoms with Crippen molar-refractivity contribution in [2.24, 2.45) is 5.73 Å². The van der Waals surface area contributed by atoms with E-state index in [4.69, 9.17) is 10.5 Å². The van der Waals surface area contributed by atoms with E-state index in [0.717, 1.165) is 6.39 Å². The molecule has 1 aromatic carbocycles. The van der Waals surface area contributed by atoms with Crippen LogP contribution in [0.15, 0.2) is 34.0 Å². The van der Waals surface area contributed by atoms with Gasteiger partial charge >= 0.3 is 0 Å². The van der Waals surface area contributed by atoms with Gasteiger partial charge in [-0.15, -0.1) is 0 Å². The van der Waals surface area contributed by atoms with Crippen molar-refractivity contribution in [2.45, 2.75) is 17.9 Å². The Hall–Kier alpha value is -1.97. The van der Waals surface area contributed by atoms with Crippen LogP contribution in [0.4, 0.5) is 0 Å². The largest absolute Gasteiger partial charge is 0.497 e. The Morgan fingerprint density at radius 3 is 2.86 bits per heavy atom. The van der Waals surface area contributed by atoms with E-state index in [2.05, 4.69) is 19.4 Å². The molecular weight excluding hydrogens is 296 g/mol. The number of nitrogens with two attached hydrogens (primary N) is 1. The molecule has 0 amide bonds. The SMILES string of the molecule is COc1ccc(S(=O)(=O)NCc2ncon2)c(CCN)c1. The van der Waals surface area contributed by atoms with Crippen LogP contribution in [0.25, 0.3) is 0 Å². The Morgan fingerprint density at radius 1 is 1.43 bits per heavy atom. The third-order valence-corrected chi connectivity index (χ3v) is 4.30. The lowest BCUT2D eigenvalue weighted by Gasteiger charge is -2.11. The van der Waals surface area contributed by atoms with Crippen LogP contribution in [0, 0.1) is 0 Å². The number of hydrogen-bond acceptors (Lipinski definition) is 7. The lowest BCUT2D eigenvalue weighted by atomic mass is 10.1. The zero-order valence-electron chi connectivity index (χ0n) is 11.4. The quantitative estimate of drug-likeness (QED) is 0.741. The summed E-state index contributed by atoms with van der Waals surface area (Å²) in [7, 11) is -2.18. The first kappa shape index (κ1) is 15.4. The van der Waals surface area contributed by atoms with Crippen molar-refractivity contribution in [3.8, 4) is 5.75 Å². The molecule has 1 heterocycles. The minimum atomic E-state index is -3.70. The molecule has 3 N–H and O–H groups in total. The molecule has 0 bridgehead atoms. The number of sulfonamides is 1. The van der Waals surface area contributed by atoms with E-state index in [1.807, 2.05) is 0 Å². The monoisotopic (exact) mass is 312 g/mol. The summed E-state index contributed by atoms with van der Waals surface area (Å²) in [5, 5.41) is 3.55. The summed E-state index contributed by atoms with van der Waals surface area (Å²) in [5.41, 5.74) is 6.12. The maximum atomic E-state index is 12.3. The van der Waals surface area contributed by atoms with Crippen molar-refractivity contribution in [3.63, 3.8) is 0 Å². The number of methoxy groups -OCH3 is 1. The Morgan fingerprint density at radius 2 is 2.24 bits per heavy atom. The van der Waals surface area contributed by atoms with Gasteiger partial charge in [-0.05, 0) is 36.7 Å². The van der Waals surface area contributed by atoms with Gasteiger partial charge in [0.05, 0.1) is 18.6 Å². The molecule has 21 heavy (non-hydrogen) atoms. The first-order valence-electron chi connectivity index (χ1n) is 6.18. The van der Waals surface area contributed by atoms with Crippen LogP contribution in [0.3, 0.4) is 0 Å². The molecule has 0 unspecified atom stereocenters. The fourth-order valence-corrected chi connectivity index (χ4v) is 3.03. The predicted octanol–water partition coefficient (Wildman–Crippen LogP) is 0.0579. The zero-order chi connectivity index (χ0) is 15.3. The van der Waals surface area contributed by atoms with Crippen LogP contribution in [0.2, 0.25) is 0 Å². The van der Waals surface area contributed by atoms with Gasteiger partial charge in [0.25, 0.3) is 0 Å². The number of aromatic nitrogens is 2. The van der Waals surface area contributed by atoms with Crippen LogP contribution >= 0.6 is 0 Å². The van der Waals surface area contributed by atoms with Gasteiger partial charge in [0, 0.05) is 0 Å². The molecule has 8 nitrogen and oxygen atoms in total. The predicted molar refractivity (Wildman–Crippen MR) is 74.1 cm³/mol. The Balaban J connectivity index is 2.25. The topological polar surface area (TPSA) is 120 Å². The second-order valence-electron chi connectivity index (χ2n) is 4.18. The first-order chi connectivity index (χ1) is 10.1. The van der Waals surface area contributed by atoms with Crippen molar-refractivity contribution >= 4 is 10.0 Å². The minimum Gasteiger partial charge on any atom is -0.497 e. The van der Waals surface area contributed by atoms with E-state index in [0.29, 0.717) is 24.3 Å². The fraction of sp³-hybridized carbons (Fsp3) is 0.333. The van der Waals surface area contributed by atoms with Crippen LogP contribution in [-0.2, 0) is 23.0 Å². The molecule has 0 aliphatic rings. The van der Waals surface area contributed by atoms with Crippen molar-refractivity contribution in [2.75, 3.05) is 13.7 Å². The Kier molecular flexibility index (Phi) is 4.89. The molecule has 0 aliphatic carbocycles. The standard InChI is InChI=1S/C12H16N4O4S/c1-19-10-2-3-11(9(6-10)4-5-13)21(17,18)15-7-12-14-8-20-16-12/h2-3,6,8,15H,4-5,7,13H2,1H3. The highest BCUT2D eigenvalue weighted by molar-refractivity contribution is 7.89. The van der Waals surface area contributed by atoms with Gasteiger partial charge in [0.2, 0.25) is 16.4 Å². The molecule has 0 saturated heterocycles. The second kappa shape index (κ2) is 6.66. The van der Waals surface area contributed by atoms with Crippen LogP contribution in [0.1, 0.15) is 11.4 Å². The molecule has 2 aromatic rings. The molecule has 1 aromatic heterocycles. The van der Waals surface area contributed by atoms with Gasteiger partial charge in [-0.1, -0.05) is 5.16 Å². The van der Waals surface area contributed by atoms with Gasteiger partial charge in [0.15, 0.2) is 5.82 Å². The number of hydrogen-bond donors (Lipinski definition) is 2. The average molecular weight is 312 g/mol. The van der Waals surface area contributed by atoms with E-state index in [1.165, 1.54) is 13.2 Å². The third-order valence-electron chi connectivity index (χ3n) is 2.80. The number of rotatable bonds is 7. The Labute approximate surface area is 122 Å². The molecule has 0 radical (unpaired) electrons. The average Bonchev–Trinajstić information content (AvgIpc) is 2.99. The summed E-state index contributed by atoms with van der Waals surface area (Å²) < 4.78 is 36.8. The molecule has 9 heteroatoms. The molecular formula is C12H16N4O4S. The highest BCUT2D eigenvalue weighted by Crippen LogP contribution is 2.22. The lowest BCUT2D eigenvalue weighted by Crippen LogP contribution is -2.25. The van der Waals surface area contributed by atoms with Gasteiger partial charge in [-0.2, -0.15) is 4.98 Å². The summed E-state index contributed by atoms with van der Waals surface area (Å²) in [4.78, 5) is 3.92. The summed E-state index contributed by atoms with van der Waals surface area (Å²) in [6.07, 6.45) is 1.56. The maximum absolute atomic E-state index is 12.3. The van der Waals surface area contributed by atoms with E-state index < -0.39 is 10.0 Å². The molecule has 0 spiro atoms. The third kappa shape index (κ3) is 3.78. The van der Waals surface area contributed by atoms with Gasteiger partial charge in [0.1, 0.15) is 5.75 Å². The second-order valence-corrected chi connectivity index (χ2v) is 5.92. The highest BCUT2D eigenvalue weighted by Gasteiger charge is 2.19. The zero-order valence-corrected chi connectivity index (χ0v) is 12.3. The molecule has 0 saturated carbocycles. The molecule has 0 aliphatic heterocycles. The molecule has 0 atom stereocenters. The van der Waals surface area contributed by atoms with E-state index >= 15 is 0 Å². The lowest BCUT2D eigenvalue weighted by molar-refractivity contribution is 0.409. The van der Waals surface area contributed by atoms with Crippen molar-refractivity contribution < 1.29 is 17.7 Å². The van der Waals surface area contributed by atoms with Gasteiger partial charge in [-0.25, -0.2) is 13.1 Å². The number of ether oxygens (including phenoxy) is 1. The van der Waals surface area contributed by atoms with Gasteiger partial charge in [-0.3, -0.25) is 0 Å².